The van der Waals surface area contributed by atoms with E-state index in [-0.39, 0.29) is 64.1 Å². The second kappa shape index (κ2) is 5.12. The maximum Gasteiger partial charge on any atom is 1.00 e. The molecule has 0 bridgehead atoms. The van der Waals surface area contributed by atoms with Crippen LogP contribution in [0.2, 0.25) is 0 Å². The van der Waals surface area contributed by atoms with Gasteiger partial charge >= 0.3 is 57.4 Å². The van der Waals surface area contributed by atoms with Crippen molar-refractivity contribution in [2.24, 2.45) is 0 Å². The Morgan fingerprint density at radius 2 is 1.69 bits per heavy atom. The van der Waals surface area contributed by atoms with E-state index in [1.54, 1.807) is 13.8 Å². The Morgan fingerprint density at radius 3 is 2.00 bits per heavy atom. The van der Waals surface area contributed by atoms with Crippen LogP contribution in [-0.2, 0) is 0 Å². The molecule has 0 amide bonds. The summed E-state index contributed by atoms with van der Waals surface area (Å²) in [5.41, 5.74) is 1.39. The Balaban J connectivity index is 0. The van der Waals surface area contributed by atoms with Gasteiger partial charge in [-0.15, -0.1) is 0 Å². The van der Waals surface area contributed by atoms with Crippen molar-refractivity contribution in [3.8, 4) is 5.75 Å². The fourth-order valence-corrected chi connectivity index (χ4v) is 1.08. The van der Waals surface area contributed by atoms with Gasteiger partial charge in [-0.2, -0.15) is 0 Å². The number of carbonyl (C=O) groups is 1. The van der Waals surface area contributed by atoms with E-state index in [9.17, 15) is 9.90 Å². The van der Waals surface area contributed by atoms with Gasteiger partial charge in [-0.3, -0.25) is 0 Å². The van der Waals surface area contributed by atoms with Gasteiger partial charge in [0, 0.05) is 0 Å². The maximum absolute atomic E-state index is 10.5. The smallest absolute Gasteiger partial charge is 1.00 e. The zero-order valence-electron chi connectivity index (χ0n) is 8.96. The fourth-order valence-electron chi connectivity index (χ4n) is 1.08. The number of carboxylic acid groups (broad SMARTS) is 1. The predicted octanol–water partition coefficient (Wildman–Crippen LogP) is -1.18. The third-order valence-electron chi connectivity index (χ3n) is 1.74. The molecule has 0 saturated heterocycles. The minimum atomic E-state index is -0.971. The van der Waals surface area contributed by atoms with Gasteiger partial charge in [-0.05, 0) is 37.1 Å². The number of hydrogen-bond donors (Lipinski definition) is 2. The summed E-state index contributed by atoms with van der Waals surface area (Å²) in [4.78, 5) is 10.5. The Hall–Kier alpha value is 0.126. The van der Waals surface area contributed by atoms with E-state index in [2.05, 4.69) is 0 Å². The first kappa shape index (κ1) is 13.1. The number of benzene rings is 1. The minimum Gasteiger partial charge on any atom is -1.00 e. The van der Waals surface area contributed by atoms with Gasteiger partial charge in [0.05, 0.1) is 5.56 Å². The summed E-state index contributed by atoms with van der Waals surface area (Å²) in [5.74, 6) is -0.804. The molecular formula is C9H11KO3. The fraction of sp³-hybridized carbons (Fsp3) is 0.222. The molecule has 66 valence electrons. The molecule has 0 saturated carbocycles. The molecule has 2 N–H and O–H groups in total. The van der Waals surface area contributed by atoms with E-state index >= 15 is 0 Å². The number of aryl methyl sites for hydroxylation is 2. The zero-order valence-corrected chi connectivity index (χ0v) is 11.1. The first-order chi connectivity index (χ1) is 5.52. The van der Waals surface area contributed by atoms with Crippen molar-refractivity contribution in [3.63, 3.8) is 0 Å². The summed E-state index contributed by atoms with van der Waals surface area (Å²) < 4.78 is 0. The number of phenolic OH excluding ortho intramolecular Hbond substituents is 1. The summed E-state index contributed by atoms with van der Waals surface area (Å²) in [6.07, 6.45) is 0. The molecule has 0 atom stereocenters. The maximum atomic E-state index is 10.5. The topological polar surface area (TPSA) is 57.5 Å². The molecule has 4 heteroatoms. The van der Waals surface area contributed by atoms with E-state index in [4.69, 9.17) is 5.11 Å². The SMILES string of the molecule is Cc1cc(C(=O)O)cc(C)c1O.[H-].[K+]. The predicted molar refractivity (Wildman–Crippen MR) is 45.7 cm³/mol. The molecular weight excluding hydrogens is 195 g/mol. The van der Waals surface area contributed by atoms with E-state index in [1.165, 1.54) is 12.1 Å². The summed E-state index contributed by atoms with van der Waals surface area (Å²) in [6, 6.07) is 2.90. The molecule has 0 heterocycles. The number of carboxylic acids is 1. The number of aromatic carboxylic acids is 1. The van der Waals surface area contributed by atoms with Crippen LogP contribution >= 0.6 is 0 Å². The first-order valence-corrected chi connectivity index (χ1v) is 3.56. The molecule has 0 spiro atoms. The molecule has 0 aliphatic rings. The molecule has 0 aliphatic carbocycles. The van der Waals surface area contributed by atoms with Crippen molar-refractivity contribution in [3.05, 3.63) is 28.8 Å². The van der Waals surface area contributed by atoms with Crippen LogP contribution in [0, 0.1) is 13.8 Å². The minimum absolute atomic E-state index is 0. The van der Waals surface area contributed by atoms with Crippen LogP contribution in [-0.4, -0.2) is 16.2 Å². The average Bonchev–Trinajstić information content (AvgIpc) is 1.99. The van der Waals surface area contributed by atoms with Crippen molar-refractivity contribution in [1.29, 1.82) is 0 Å². The van der Waals surface area contributed by atoms with E-state index in [0.717, 1.165) is 0 Å². The number of rotatable bonds is 1. The molecule has 0 radical (unpaired) electrons. The Morgan fingerprint density at radius 1 is 1.31 bits per heavy atom. The summed E-state index contributed by atoms with van der Waals surface area (Å²) >= 11 is 0. The molecule has 1 aromatic carbocycles. The van der Waals surface area contributed by atoms with Crippen LogP contribution in [0.3, 0.4) is 0 Å². The third-order valence-corrected chi connectivity index (χ3v) is 1.74. The second-order valence-corrected chi connectivity index (χ2v) is 2.76. The van der Waals surface area contributed by atoms with E-state index < -0.39 is 5.97 Å². The Kier molecular flexibility index (Phi) is 5.17. The Labute approximate surface area is 121 Å². The molecule has 0 aromatic heterocycles. The van der Waals surface area contributed by atoms with Gasteiger partial charge in [0.25, 0.3) is 0 Å². The van der Waals surface area contributed by atoms with E-state index in [1.807, 2.05) is 0 Å². The number of aromatic hydroxyl groups is 1. The molecule has 0 unspecified atom stereocenters. The van der Waals surface area contributed by atoms with Crippen LogP contribution in [0.1, 0.15) is 22.9 Å². The van der Waals surface area contributed by atoms with Crippen LogP contribution in [0.15, 0.2) is 12.1 Å². The van der Waals surface area contributed by atoms with Crippen molar-refractivity contribution in [2.45, 2.75) is 13.8 Å². The van der Waals surface area contributed by atoms with Crippen molar-refractivity contribution in [1.82, 2.24) is 0 Å². The Bertz CT molecular complexity index is 316. The molecule has 0 fully saturated rings. The van der Waals surface area contributed by atoms with Crippen molar-refractivity contribution < 1.29 is 67.8 Å². The quantitative estimate of drug-likeness (QED) is 0.569. The average molecular weight is 206 g/mol. The van der Waals surface area contributed by atoms with Gasteiger partial charge < -0.3 is 11.6 Å². The molecule has 1 rings (SSSR count). The van der Waals surface area contributed by atoms with Crippen molar-refractivity contribution >= 4 is 5.97 Å². The summed E-state index contributed by atoms with van der Waals surface area (Å²) in [5, 5.41) is 18.0. The van der Waals surface area contributed by atoms with Gasteiger partial charge in [0.2, 0.25) is 0 Å². The molecule has 0 aliphatic heterocycles. The summed E-state index contributed by atoms with van der Waals surface area (Å²) in [6.45, 7) is 3.35. The molecule has 1 aromatic rings. The van der Waals surface area contributed by atoms with E-state index in [0.29, 0.717) is 11.1 Å². The van der Waals surface area contributed by atoms with Crippen LogP contribution < -0.4 is 51.4 Å². The van der Waals surface area contributed by atoms with Crippen LogP contribution in [0.25, 0.3) is 0 Å². The number of hydrogen-bond acceptors (Lipinski definition) is 2. The van der Waals surface area contributed by atoms with Gasteiger partial charge in [-0.25, -0.2) is 4.79 Å². The van der Waals surface area contributed by atoms with Crippen LogP contribution in [0.4, 0.5) is 0 Å². The van der Waals surface area contributed by atoms with Gasteiger partial charge in [-0.1, -0.05) is 0 Å². The summed E-state index contributed by atoms with van der Waals surface area (Å²) in [7, 11) is 0. The molecule has 3 nitrogen and oxygen atoms in total. The van der Waals surface area contributed by atoms with Crippen molar-refractivity contribution in [2.75, 3.05) is 0 Å². The first-order valence-electron chi connectivity index (χ1n) is 3.56. The zero-order chi connectivity index (χ0) is 9.30. The monoisotopic (exact) mass is 206 g/mol. The molecule has 13 heavy (non-hydrogen) atoms. The third kappa shape index (κ3) is 3.07. The largest absolute Gasteiger partial charge is 1.00 e. The normalized spacial score (nSPS) is 9.08. The van der Waals surface area contributed by atoms with Crippen LogP contribution in [0.5, 0.6) is 5.75 Å². The standard InChI is InChI=1S/C9H10O3.K.H/c1-5-3-7(9(11)12)4-6(2)8(5)10;;/h3-4,10H,1-2H3,(H,11,12);;/q;+1;-1. The van der Waals surface area contributed by atoms with Gasteiger partial charge in [0.15, 0.2) is 0 Å². The van der Waals surface area contributed by atoms with Gasteiger partial charge in [0.1, 0.15) is 5.75 Å². The second-order valence-electron chi connectivity index (χ2n) is 2.76. The number of phenols is 1.